The summed E-state index contributed by atoms with van der Waals surface area (Å²) in [5.74, 6) is 1.98. The van der Waals surface area contributed by atoms with Crippen LogP contribution in [0, 0.1) is 5.92 Å². The van der Waals surface area contributed by atoms with E-state index in [0.717, 1.165) is 18.4 Å². The SMILES string of the molecule is CCCNC(CSC1CCCCC1)C(C)CCOC. The normalized spacial score (nSPS) is 20.4. The molecule has 0 heterocycles. The van der Waals surface area contributed by atoms with Crippen molar-refractivity contribution in [3.05, 3.63) is 0 Å². The fraction of sp³-hybridized carbons (Fsp3) is 1.00. The average molecular weight is 288 g/mol. The Balaban J connectivity index is 2.29. The number of thioether (sulfide) groups is 1. The largest absolute Gasteiger partial charge is 0.385 e. The van der Waals surface area contributed by atoms with Crippen LogP contribution < -0.4 is 5.32 Å². The quantitative estimate of drug-likeness (QED) is 0.654. The number of nitrogens with one attached hydrogen (secondary N) is 1. The molecule has 1 rings (SSSR count). The van der Waals surface area contributed by atoms with E-state index in [1.54, 1.807) is 7.11 Å². The molecule has 0 aromatic heterocycles. The third-order valence-corrected chi connectivity index (χ3v) is 5.68. The average Bonchev–Trinajstić information content (AvgIpc) is 2.46. The Kier molecular flexibility index (Phi) is 10.0. The van der Waals surface area contributed by atoms with Gasteiger partial charge in [0.25, 0.3) is 0 Å². The molecule has 0 spiro atoms. The Hall–Kier alpha value is 0.270. The van der Waals surface area contributed by atoms with Crippen LogP contribution in [0.15, 0.2) is 0 Å². The Morgan fingerprint density at radius 1 is 1.26 bits per heavy atom. The van der Waals surface area contributed by atoms with E-state index in [1.807, 2.05) is 0 Å². The molecular weight excluding hydrogens is 254 g/mol. The van der Waals surface area contributed by atoms with E-state index in [4.69, 9.17) is 4.74 Å². The van der Waals surface area contributed by atoms with E-state index in [-0.39, 0.29) is 0 Å². The Labute approximate surface area is 124 Å². The predicted octanol–water partition coefficient (Wildman–Crippen LogP) is 4.09. The summed E-state index contributed by atoms with van der Waals surface area (Å²) >= 11 is 2.21. The second kappa shape index (κ2) is 11.0. The number of ether oxygens (including phenoxy) is 1. The molecule has 0 amide bonds. The summed E-state index contributed by atoms with van der Waals surface area (Å²) in [5, 5.41) is 4.67. The van der Waals surface area contributed by atoms with Crippen LogP contribution in [0.5, 0.6) is 0 Å². The fourth-order valence-electron chi connectivity index (χ4n) is 2.73. The van der Waals surface area contributed by atoms with Crippen molar-refractivity contribution in [1.29, 1.82) is 0 Å². The maximum absolute atomic E-state index is 5.23. The highest BCUT2D eigenvalue weighted by Crippen LogP contribution is 2.29. The van der Waals surface area contributed by atoms with Gasteiger partial charge < -0.3 is 10.1 Å². The van der Waals surface area contributed by atoms with Gasteiger partial charge >= 0.3 is 0 Å². The Morgan fingerprint density at radius 2 is 2.00 bits per heavy atom. The van der Waals surface area contributed by atoms with Crippen molar-refractivity contribution in [1.82, 2.24) is 5.32 Å². The molecule has 0 saturated heterocycles. The number of methoxy groups -OCH3 is 1. The van der Waals surface area contributed by atoms with Gasteiger partial charge in [0, 0.05) is 30.8 Å². The molecule has 19 heavy (non-hydrogen) atoms. The molecule has 1 aliphatic carbocycles. The molecule has 0 aromatic rings. The van der Waals surface area contributed by atoms with Crippen molar-refractivity contribution < 1.29 is 4.74 Å². The first-order chi connectivity index (χ1) is 9.27. The van der Waals surface area contributed by atoms with Crippen LogP contribution in [0.4, 0.5) is 0 Å². The number of hydrogen-bond acceptors (Lipinski definition) is 3. The molecular formula is C16H33NOS. The van der Waals surface area contributed by atoms with Gasteiger partial charge in [0.2, 0.25) is 0 Å². The summed E-state index contributed by atoms with van der Waals surface area (Å²) in [6.07, 6.45) is 9.63. The predicted molar refractivity (Wildman–Crippen MR) is 87.1 cm³/mol. The third kappa shape index (κ3) is 7.57. The van der Waals surface area contributed by atoms with Gasteiger partial charge in [-0.05, 0) is 38.1 Å². The van der Waals surface area contributed by atoms with Crippen LogP contribution in [0.2, 0.25) is 0 Å². The van der Waals surface area contributed by atoms with E-state index in [1.165, 1.54) is 50.7 Å². The lowest BCUT2D eigenvalue weighted by atomic mass is 10.00. The first-order valence-electron chi connectivity index (χ1n) is 8.11. The zero-order valence-corrected chi connectivity index (χ0v) is 13.9. The highest BCUT2D eigenvalue weighted by molar-refractivity contribution is 7.99. The first kappa shape index (κ1) is 17.3. The van der Waals surface area contributed by atoms with Crippen LogP contribution in [0.3, 0.4) is 0 Å². The molecule has 2 nitrogen and oxygen atoms in total. The van der Waals surface area contributed by atoms with E-state index in [9.17, 15) is 0 Å². The van der Waals surface area contributed by atoms with Crippen LogP contribution in [-0.4, -0.2) is 37.3 Å². The van der Waals surface area contributed by atoms with Crippen LogP contribution in [0.1, 0.15) is 58.8 Å². The van der Waals surface area contributed by atoms with E-state index in [0.29, 0.717) is 12.0 Å². The summed E-state index contributed by atoms with van der Waals surface area (Å²) in [6.45, 7) is 6.65. The van der Waals surface area contributed by atoms with Crippen molar-refractivity contribution in [2.75, 3.05) is 26.0 Å². The van der Waals surface area contributed by atoms with Gasteiger partial charge in [0.1, 0.15) is 0 Å². The molecule has 2 atom stereocenters. The minimum atomic E-state index is 0.655. The lowest BCUT2D eigenvalue weighted by Crippen LogP contribution is -2.38. The smallest absolute Gasteiger partial charge is 0.0465 e. The van der Waals surface area contributed by atoms with E-state index in [2.05, 4.69) is 30.9 Å². The van der Waals surface area contributed by atoms with Gasteiger partial charge in [-0.3, -0.25) is 0 Å². The van der Waals surface area contributed by atoms with Crippen molar-refractivity contribution in [2.24, 2.45) is 5.92 Å². The lowest BCUT2D eigenvalue weighted by molar-refractivity contribution is 0.172. The second-order valence-corrected chi connectivity index (χ2v) is 7.25. The summed E-state index contributed by atoms with van der Waals surface area (Å²) in [7, 11) is 1.80. The van der Waals surface area contributed by atoms with Crippen molar-refractivity contribution in [2.45, 2.75) is 70.1 Å². The standard InChI is InChI=1S/C16H33NOS/c1-4-11-17-16(14(2)10-12-18-3)13-19-15-8-6-5-7-9-15/h14-17H,4-13H2,1-3H3. The van der Waals surface area contributed by atoms with Gasteiger partial charge in [0.05, 0.1) is 0 Å². The Morgan fingerprint density at radius 3 is 2.63 bits per heavy atom. The summed E-state index contributed by atoms with van der Waals surface area (Å²) in [5.41, 5.74) is 0. The molecule has 1 N–H and O–H groups in total. The highest BCUT2D eigenvalue weighted by atomic mass is 32.2. The first-order valence-corrected chi connectivity index (χ1v) is 9.16. The van der Waals surface area contributed by atoms with E-state index >= 15 is 0 Å². The topological polar surface area (TPSA) is 21.3 Å². The van der Waals surface area contributed by atoms with Crippen LogP contribution in [-0.2, 0) is 4.74 Å². The zero-order valence-electron chi connectivity index (χ0n) is 13.1. The van der Waals surface area contributed by atoms with Gasteiger partial charge in [-0.25, -0.2) is 0 Å². The van der Waals surface area contributed by atoms with E-state index < -0.39 is 0 Å². The second-order valence-electron chi connectivity index (χ2n) is 5.91. The molecule has 2 unspecified atom stereocenters. The number of rotatable bonds is 10. The Bertz CT molecular complexity index is 207. The minimum Gasteiger partial charge on any atom is -0.385 e. The molecule has 0 aromatic carbocycles. The van der Waals surface area contributed by atoms with Crippen LogP contribution in [0.25, 0.3) is 0 Å². The molecule has 114 valence electrons. The minimum absolute atomic E-state index is 0.655. The zero-order chi connectivity index (χ0) is 13.9. The highest BCUT2D eigenvalue weighted by Gasteiger charge is 2.20. The maximum atomic E-state index is 5.23. The summed E-state index contributed by atoms with van der Waals surface area (Å²) in [4.78, 5) is 0. The van der Waals surface area contributed by atoms with Crippen molar-refractivity contribution in [3.8, 4) is 0 Å². The van der Waals surface area contributed by atoms with Crippen LogP contribution >= 0.6 is 11.8 Å². The number of hydrogen-bond donors (Lipinski definition) is 1. The molecule has 0 aliphatic heterocycles. The van der Waals surface area contributed by atoms with Gasteiger partial charge in [-0.2, -0.15) is 11.8 Å². The summed E-state index contributed by atoms with van der Waals surface area (Å²) < 4.78 is 5.23. The van der Waals surface area contributed by atoms with Gasteiger partial charge in [-0.15, -0.1) is 0 Å². The fourth-order valence-corrected chi connectivity index (χ4v) is 4.32. The van der Waals surface area contributed by atoms with Gasteiger partial charge in [0.15, 0.2) is 0 Å². The monoisotopic (exact) mass is 287 g/mol. The maximum Gasteiger partial charge on any atom is 0.0465 e. The molecule has 1 fully saturated rings. The molecule has 1 aliphatic rings. The molecule has 3 heteroatoms. The van der Waals surface area contributed by atoms with Crippen molar-refractivity contribution in [3.63, 3.8) is 0 Å². The third-order valence-electron chi connectivity index (χ3n) is 4.18. The van der Waals surface area contributed by atoms with Gasteiger partial charge in [-0.1, -0.05) is 33.1 Å². The lowest BCUT2D eigenvalue weighted by Gasteiger charge is -2.28. The molecule has 1 saturated carbocycles. The molecule has 0 radical (unpaired) electrons. The van der Waals surface area contributed by atoms with Crippen molar-refractivity contribution >= 4 is 11.8 Å². The summed E-state index contributed by atoms with van der Waals surface area (Å²) in [6, 6.07) is 0.655. The molecule has 0 bridgehead atoms.